The van der Waals surface area contributed by atoms with Crippen LogP contribution in [-0.4, -0.2) is 4.98 Å². The van der Waals surface area contributed by atoms with Crippen LogP contribution in [0, 0.1) is 0 Å². The average Bonchev–Trinajstić information content (AvgIpc) is 2.37. The topological polar surface area (TPSA) is 26.0 Å². The van der Waals surface area contributed by atoms with Gasteiger partial charge in [0.05, 0.1) is 11.4 Å². The number of oxazole rings is 1. The second-order valence-electron chi connectivity index (χ2n) is 1.55. The van der Waals surface area contributed by atoms with Crippen LogP contribution in [0.4, 0.5) is 0 Å². The molecule has 0 aliphatic heterocycles. The summed E-state index contributed by atoms with van der Waals surface area (Å²) in [6, 6.07) is 0. The van der Waals surface area contributed by atoms with E-state index < -0.39 is 0 Å². The zero-order chi connectivity index (χ0) is 6.69. The Morgan fingerprint density at radius 2 is 2.67 bits per heavy atom. The van der Waals surface area contributed by atoms with Gasteiger partial charge in [-0.2, -0.15) is 12.6 Å². The van der Waals surface area contributed by atoms with Crippen molar-refractivity contribution in [3.05, 3.63) is 31.0 Å². The lowest BCUT2D eigenvalue weighted by molar-refractivity contribution is 0.507. The van der Waals surface area contributed by atoms with E-state index >= 15 is 0 Å². The maximum Gasteiger partial charge on any atom is 0.210 e. The van der Waals surface area contributed by atoms with E-state index in [2.05, 4.69) is 24.2 Å². The van der Waals surface area contributed by atoms with Crippen molar-refractivity contribution in [3.8, 4) is 0 Å². The van der Waals surface area contributed by atoms with Gasteiger partial charge in [0.2, 0.25) is 5.89 Å². The average molecular weight is 141 g/mol. The first-order chi connectivity index (χ1) is 4.34. The van der Waals surface area contributed by atoms with E-state index in [1.807, 2.05) is 0 Å². The molecule has 0 bridgehead atoms. The molecular formula is C6H7NOS. The third-order valence-electron chi connectivity index (χ3n) is 0.928. The summed E-state index contributed by atoms with van der Waals surface area (Å²) in [7, 11) is 0. The molecule has 0 saturated heterocycles. The molecule has 0 aliphatic rings. The highest BCUT2D eigenvalue weighted by Gasteiger charge is 2.03. The summed E-state index contributed by atoms with van der Waals surface area (Å²) < 4.78 is 4.93. The molecule has 0 radical (unpaired) electrons. The summed E-state index contributed by atoms with van der Waals surface area (Å²) >= 11 is 4.11. The number of hydrogen-bond acceptors (Lipinski definition) is 3. The lowest BCUT2D eigenvalue weighted by atomic mass is 10.4. The predicted molar refractivity (Wildman–Crippen MR) is 38.4 cm³/mol. The minimum absolute atomic E-state index is 0.0833. The summed E-state index contributed by atoms with van der Waals surface area (Å²) in [4.78, 5) is 3.87. The third kappa shape index (κ3) is 1.36. The molecule has 0 saturated carbocycles. The van der Waals surface area contributed by atoms with Crippen molar-refractivity contribution in [3.63, 3.8) is 0 Å². The molecule has 48 valence electrons. The van der Waals surface area contributed by atoms with Crippen LogP contribution in [0.1, 0.15) is 11.1 Å². The summed E-state index contributed by atoms with van der Waals surface area (Å²) in [5.41, 5.74) is 0. The minimum atomic E-state index is -0.0833. The molecule has 1 unspecified atom stereocenters. The van der Waals surface area contributed by atoms with Gasteiger partial charge in [-0.15, -0.1) is 6.58 Å². The summed E-state index contributed by atoms with van der Waals surface area (Å²) in [5, 5.41) is -0.0833. The number of nitrogens with zero attached hydrogens (tertiary/aromatic N) is 1. The van der Waals surface area contributed by atoms with Crippen LogP contribution >= 0.6 is 12.6 Å². The fourth-order valence-electron chi connectivity index (χ4n) is 0.481. The standard InChI is InChI=1S/C6H7NOS/c1-2-5(9)6-7-3-4-8-6/h2-5,9H,1H2. The Balaban J connectivity index is 2.76. The third-order valence-corrected chi connectivity index (χ3v) is 1.36. The van der Waals surface area contributed by atoms with Crippen molar-refractivity contribution < 1.29 is 4.42 Å². The molecule has 0 spiro atoms. The molecule has 1 rings (SSSR count). The summed E-state index contributed by atoms with van der Waals surface area (Å²) in [6.07, 6.45) is 4.76. The molecule has 3 heteroatoms. The zero-order valence-corrected chi connectivity index (χ0v) is 5.71. The molecule has 0 aliphatic carbocycles. The second-order valence-corrected chi connectivity index (χ2v) is 2.11. The molecule has 9 heavy (non-hydrogen) atoms. The normalized spacial score (nSPS) is 13.0. The molecule has 1 aromatic heterocycles. The van der Waals surface area contributed by atoms with Crippen LogP contribution in [0.2, 0.25) is 0 Å². The zero-order valence-electron chi connectivity index (χ0n) is 4.82. The Morgan fingerprint density at radius 3 is 3.11 bits per heavy atom. The van der Waals surface area contributed by atoms with Gasteiger partial charge >= 0.3 is 0 Å². The Morgan fingerprint density at radius 1 is 1.89 bits per heavy atom. The van der Waals surface area contributed by atoms with E-state index in [1.54, 1.807) is 12.3 Å². The number of thiol groups is 1. The fraction of sp³-hybridized carbons (Fsp3) is 0.167. The van der Waals surface area contributed by atoms with Crippen molar-refractivity contribution >= 4 is 12.6 Å². The van der Waals surface area contributed by atoms with Gasteiger partial charge in [0.15, 0.2) is 0 Å². The molecule has 0 fully saturated rings. The van der Waals surface area contributed by atoms with Crippen molar-refractivity contribution in [2.45, 2.75) is 5.25 Å². The highest BCUT2D eigenvalue weighted by molar-refractivity contribution is 7.80. The molecular weight excluding hydrogens is 134 g/mol. The maximum absolute atomic E-state index is 4.93. The van der Waals surface area contributed by atoms with E-state index in [4.69, 9.17) is 4.42 Å². The SMILES string of the molecule is C=CC(S)c1ncco1. The van der Waals surface area contributed by atoms with Gasteiger partial charge in [-0.3, -0.25) is 0 Å². The quantitative estimate of drug-likeness (QED) is 0.502. The van der Waals surface area contributed by atoms with Gasteiger partial charge in [0.25, 0.3) is 0 Å². The Kier molecular flexibility index (Phi) is 1.95. The fourth-order valence-corrected chi connectivity index (χ4v) is 0.609. The number of aromatic nitrogens is 1. The van der Waals surface area contributed by atoms with Crippen LogP contribution in [0.15, 0.2) is 29.5 Å². The van der Waals surface area contributed by atoms with E-state index in [-0.39, 0.29) is 5.25 Å². The van der Waals surface area contributed by atoms with E-state index in [0.717, 1.165) is 0 Å². The van der Waals surface area contributed by atoms with Crippen LogP contribution in [-0.2, 0) is 0 Å². The van der Waals surface area contributed by atoms with Gasteiger partial charge in [-0.25, -0.2) is 4.98 Å². The van der Waals surface area contributed by atoms with Gasteiger partial charge in [-0.1, -0.05) is 6.08 Å². The summed E-state index contributed by atoms with van der Waals surface area (Å²) in [6.45, 7) is 3.54. The number of hydrogen-bond donors (Lipinski definition) is 1. The Hall–Kier alpha value is -0.700. The molecule has 0 N–H and O–H groups in total. The lowest BCUT2D eigenvalue weighted by Crippen LogP contribution is -1.82. The predicted octanol–water partition coefficient (Wildman–Crippen LogP) is 1.83. The van der Waals surface area contributed by atoms with Gasteiger partial charge in [0.1, 0.15) is 6.26 Å². The van der Waals surface area contributed by atoms with Crippen LogP contribution in [0.25, 0.3) is 0 Å². The lowest BCUT2D eigenvalue weighted by Gasteiger charge is -1.94. The molecule has 0 amide bonds. The molecule has 2 nitrogen and oxygen atoms in total. The summed E-state index contributed by atoms with van der Waals surface area (Å²) in [5.74, 6) is 0.591. The monoisotopic (exact) mass is 141 g/mol. The van der Waals surface area contributed by atoms with Crippen molar-refractivity contribution in [1.82, 2.24) is 4.98 Å². The first-order valence-electron chi connectivity index (χ1n) is 2.54. The molecule has 1 atom stereocenters. The van der Waals surface area contributed by atoms with Crippen molar-refractivity contribution in [2.75, 3.05) is 0 Å². The maximum atomic E-state index is 4.93. The van der Waals surface area contributed by atoms with Crippen LogP contribution < -0.4 is 0 Å². The minimum Gasteiger partial charge on any atom is -0.447 e. The Bertz CT molecular complexity index is 183. The van der Waals surface area contributed by atoms with E-state index in [1.165, 1.54) is 6.26 Å². The first-order valence-corrected chi connectivity index (χ1v) is 3.06. The largest absolute Gasteiger partial charge is 0.447 e. The highest BCUT2D eigenvalue weighted by Crippen LogP contribution is 2.17. The van der Waals surface area contributed by atoms with Crippen molar-refractivity contribution in [1.29, 1.82) is 0 Å². The number of rotatable bonds is 2. The first kappa shape index (κ1) is 6.42. The smallest absolute Gasteiger partial charge is 0.210 e. The van der Waals surface area contributed by atoms with Crippen LogP contribution in [0.5, 0.6) is 0 Å². The van der Waals surface area contributed by atoms with Crippen LogP contribution in [0.3, 0.4) is 0 Å². The van der Waals surface area contributed by atoms with Gasteiger partial charge in [-0.05, 0) is 0 Å². The second kappa shape index (κ2) is 2.73. The highest BCUT2D eigenvalue weighted by atomic mass is 32.1. The van der Waals surface area contributed by atoms with E-state index in [9.17, 15) is 0 Å². The van der Waals surface area contributed by atoms with Gasteiger partial charge in [0, 0.05) is 0 Å². The Labute approximate surface area is 59.0 Å². The molecule has 0 aromatic carbocycles. The van der Waals surface area contributed by atoms with Gasteiger partial charge < -0.3 is 4.42 Å². The van der Waals surface area contributed by atoms with E-state index in [0.29, 0.717) is 5.89 Å². The van der Waals surface area contributed by atoms with Crippen molar-refractivity contribution in [2.24, 2.45) is 0 Å². The molecule has 1 heterocycles. The molecule has 1 aromatic rings.